The summed E-state index contributed by atoms with van der Waals surface area (Å²) in [5.41, 5.74) is 4.97. The van der Waals surface area contributed by atoms with Gasteiger partial charge in [-0.1, -0.05) is 13.8 Å². The van der Waals surface area contributed by atoms with Gasteiger partial charge in [0.1, 0.15) is 5.78 Å². The number of hydrogen-bond acceptors (Lipinski definition) is 5. The van der Waals surface area contributed by atoms with Crippen molar-refractivity contribution < 1.29 is 4.79 Å². The van der Waals surface area contributed by atoms with Crippen LogP contribution in [0.5, 0.6) is 0 Å². The van der Waals surface area contributed by atoms with Crippen LogP contribution in [0.25, 0.3) is 0 Å². The molecule has 0 saturated heterocycles. The lowest BCUT2D eigenvalue weighted by Gasteiger charge is -2.19. The topological polar surface area (TPSA) is 86.7 Å². The van der Waals surface area contributed by atoms with Gasteiger partial charge in [-0.05, 0) is 5.21 Å². The van der Waals surface area contributed by atoms with E-state index >= 15 is 0 Å². The van der Waals surface area contributed by atoms with Gasteiger partial charge in [-0.3, -0.25) is 4.79 Å². The second-order valence-electron chi connectivity index (χ2n) is 3.88. The van der Waals surface area contributed by atoms with Gasteiger partial charge in [-0.2, -0.15) is 4.80 Å². The summed E-state index contributed by atoms with van der Waals surface area (Å²) in [6.07, 6.45) is 0.192. The van der Waals surface area contributed by atoms with E-state index < -0.39 is 5.41 Å². The molecule has 0 atom stereocenters. The predicted molar refractivity (Wildman–Crippen MR) is 50.3 cm³/mol. The van der Waals surface area contributed by atoms with Crippen LogP contribution in [0.3, 0.4) is 0 Å². The number of rotatable bonds is 4. The molecule has 0 amide bonds. The van der Waals surface area contributed by atoms with Crippen molar-refractivity contribution in [1.82, 2.24) is 20.2 Å². The molecular weight excluding hydrogens is 182 g/mol. The molecule has 0 radical (unpaired) electrons. The number of carbonyl (C=O) groups excluding carboxylic acids is 1. The van der Waals surface area contributed by atoms with Crippen molar-refractivity contribution in [1.29, 1.82) is 0 Å². The van der Waals surface area contributed by atoms with Gasteiger partial charge in [-0.25, -0.2) is 0 Å². The quantitative estimate of drug-likeness (QED) is 0.690. The van der Waals surface area contributed by atoms with Crippen molar-refractivity contribution in [2.75, 3.05) is 6.54 Å². The summed E-state index contributed by atoms with van der Waals surface area (Å²) in [6.45, 7) is 3.95. The van der Waals surface area contributed by atoms with Crippen molar-refractivity contribution in [2.24, 2.45) is 18.2 Å². The van der Waals surface area contributed by atoms with Crippen LogP contribution in [0.1, 0.15) is 19.7 Å². The maximum Gasteiger partial charge on any atom is 0.182 e. The molecule has 6 nitrogen and oxygen atoms in total. The standard InChI is InChI=1S/C8H15N5O/c1-8(2,5-9)6(14)4-7-10-12-13(3)11-7/h4-5,9H2,1-3H3. The fourth-order valence-electron chi connectivity index (χ4n) is 0.891. The number of hydrogen-bond donors (Lipinski definition) is 1. The molecular formula is C8H15N5O. The lowest BCUT2D eigenvalue weighted by atomic mass is 9.86. The van der Waals surface area contributed by atoms with Crippen LogP contribution in [0.4, 0.5) is 0 Å². The average Bonchev–Trinajstić information content (AvgIpc) is 2.51. The van der Waals surface area contributed by atoms with E-state index in [4.69, 9.17) is 5.73 Å². The monoisotopic (exact) mass is 197 g/mol. The fraction of sp³-hybridized carbons (Fsp3) is 0.750. The molecule has 2 N–H and O–H groups in total. The number of tetrazole rings is 1. The van der Waals surface area contributed by atoms with Crippen molar-refractivity contribution in [2.45, 2.75) is 20.3 Å². The van der Waals surface area contributed by atoms with Gasteiger partial charge in [0, 0.05) is 12.0 Å². The van der Waals surface area contributed by atoms with Crippen molar-refractivity contribution >= 4 is 5.78 Å². The van der Waals surface area contributed by atoms with Gasteiger partial charge in [0.05, 0.1) is 13.5 Å². The minimum Gasteiger partial charge on any atom is -0.329 e. The first-order valence-corrected chi connectivity index (χ1v) is 4.42. The molecule has 0 saturated carbocycles. The first-order valence-electron chi connectivity index (χ1n) is 4.42. The van der Waals surface area contributed by atoms with Crippen molar-refractivity contribution in [3.8, 4) is 0 Å². The number of ketones is 1. The molecule has 0 aliphatic rings. The number of Topliss-reactive ketones (excluding diaryl/α,β-unsaturated/α-hetero) is 1. The highest BCUT2D eigenvalue weighted by atomic mass is 16.1. The van der Waals surface area contributed by atoms with Crippen molar-refractivity contribution in [3.63, 3.8) is 0 Å². The van der Waals surface area contributed by atoms with Gasteiger partial charge >= 0.3 is 0 Å². The zero-order chi connectivity index (χ0) is 10.8. The summed E-state index contributed by atoms with van der Waals surface area (Å²) in [5.74, 6) is 0.479. The Balaban J connectivity index is 2.66. The van der Waals surface area contributed by atoms with Gasteiger partial charge in [-0.15, -0.1) is 10.2 Å². The molecule has 0 aliphatic heterocycles. The van der Waals surface area contributed by atoms with E-state index in [1.807, 2.05) is 13.8 Å². The predicted octanol–water partition coefficient (Wildman–Crippen LogP) is -0.693. The Labute approximate surface area is 82.5 Å². The Morgan fingerprint density at radius 3 is 2.64 bits per heavy atom. The average molecular weight is 197 g/mol. The third-order valence-corrected chi connectivity index (χ3v) is 2.13. The molecule has 14 heavy (non-hydrogen) atoms. The maximum atomic E-state index is 11.7. The van der Waals surface area contributed by atoms with Gasteiger partial charge in [0.15, 0.2) is 5.82 Å². The lowest BCUT2D eigenvalue weighted by Crippen LogP contribution is -2.34. The largest absolute Gasteiger partial charge is 0.329 e. The van der Waals surface area contributed by atoms with Crippen LogP contribution in [0.15, 0.2) is 0 Å². The van der Waals surface area contributed by atoms with Gasteiger partial charge < -0.3 is 5.73 Å². The zero-order valence-electron chi connectivity index (χ0n) is 8.69. The Kier molecular flexibility index (Phi) is 2.95. The highest BCUT2D eigenvalue weighted by Gasteiger charge is 2.26. The van der Waals surface area contributed by atoms with Crippen molar-refractivity contribution in [3.05, 3.63) is 5.82 Å². The third-order valence-electron chi connectivity index (χ3n) is 2.13. The van der Waals surface area contributed by atoms with E-state index in [1.165, 1.54) is 4.80 Å². The maximum absolute atomic E-state index is 11.7. The summed E-state index contributed by atoms with van der Waals surface area (Å²) in [6, 6.07) is 0. The fourth-order valence-corrected chi connectivity index (χ4v) is 0.891. The molecule has 0 fully saturated rings. The Morgan fingerprint density at radius 2 is 2.21 bits per heavy atom. The van der Waals surface area contributed by atoms with Crippen LogP contribution >= 0.6 is 0 Å². The molecule has 78 valence electrons. The molecule has 1 heterocycles. The Bertz CT molecular complexity index is 330. The molecule has 0 aromatic carbocycles. The molecule has 0 aliphatic carbocycles. The molecule has 1 aromatic rings. The Morgan fingerprint density at radius 1 is 1.57 bits per heavy atom. The third kappa shape index (κ3) is 2.35. The van der Waals surface area contributed by atoms with E-state index in [-0.39, 0.29) is 12.2 Å². The number of nitrogens with two attached hydrogens (primary N) is 1. The molecule has 0 spiro atoms. The van der Waals surface area contributed by atoms with E-state index in [0.717, 1.165) is 0 Å². The normalized spacial score (nSPS) is 11.7. The van der Waals surface area contributed by atoms with E-state index in [2.05, 4.69) is 15.4 Å². The molecule has 1 rings (SSSR count). The number of nitrogens with zero attached hydrogens (tertiary/aromatic N) is 4. The van der Waals surface area contributed by atoms with Crippen LogP contribution in [-0.2, 0) is 18.3 Å². The summed E-state index contributed by atoms with van der Waals surface area (Å²) >= 11 is 0. The second kappa shape index (κ2) is 3.83. The van der Waals surface area contributed by atoms with Crippen LogP contribution < -0.4 is 5.73 Å². The van der Waals surface area contributed by atoms with E-state index in [9.17, 15) is 4.79 Å². The van der Waals surface area contributed by atoms with Crippen LogP contribution in [0.2, 0.25) is 0 Å². The Hall–Kier alpha value is -1.30. The molecule has 6 heteroatoms. The van der Waals surface area contributed by atoms with Crippen LogP contribution in [0, 0.1) is 5.41 Å². The highest BCUT2D eigenvalue weighted by Crippen LogP contribution is 2.15. The number of aryl methyl sites for hydroxylation is 1. The van der Waals surface area contributed by atoms with E-state index in [0.29, 0.717) is 12.4 Å². The van der Waals surface area contributed by atoms with Crippen LogP contribution in [-0.4, -0.2) is 32.5 Å². The first-order chi connectivity index (χ1) is 6.45. The molecule has 0 unspecified atom stereocenters. The summed E-state index contributed by atoms with van der Waals surface area (Å²) in [4.78, 5) is 13.0. The molecule has 0 bridgehead atoms. The SMILES string of the molecule is Cn1nnc(CC(=O)C(C)(C)CN)n1. The van der Waals surface area contributed by atoms with Gasteiger partial charge in [0.25, 0.3) is 0 Å². The zero-order valence-corrected chi connectivity index (χ0v) is 8.69. The molecule has 1 aromatic heterocycles. The summed E-state index contributed by atoms with van der Waals surface area (Å²) in [5, 5.41) is 11.3. The smallest absolute Gasteiger partial charge is 0.182 e. The lowest BCUT2D eigenvalue weighted by molar-refractivity contribution is -0.126. The number of aromatic nitrogens is 4. The van der Waals surface area contributed by atoms with Gasteiger partial charge in [0.2, 0.25) is 0 Å². The summed E-state index contributed by atoms with van der Waals surface area (Å²) in [7, 11) is 1.66. The second-order valence-corrected chi connectivity index (χ2v) is 3.88. The highest BCUT2D eigenvalue weighted by molar-refractivity contribution is 5.85. The first kappa shape index (κ1) is 10.8. The van der Waals surface area contributed by atoms with E-state index in [1.54, 1.807) is 7.05 Å². The minimum absolute atomic E-state index is 0.0352. The number of carbonyl (C=O) groups is 1. The minimum atomic E-state index is -0.515. The summed E-state index contributed by atoms with van der Waals surface area (Å²) < 4.78 is 0.